The zero-order valence-corrected chi connectivity index (χ0v) is 17.2. The number of sulfonamides is 1. The summed E-state index contributed by atoms with van der Waals surface area (Å²) in [6.07, 6.45) is 0.231. The van der Waals surface area contributed by atoms with Crippen molar-refractivity contribution in [3.8, 4) is 5.75 Å². The molecule has 0 spiro atoms. The van der Waals surface area contributed by atoms with Crippen LogP contribution < -0.4 is 14.8 Å². The number of hydrogen-bond donors (Lipinski definition) is 2. The van der Waals surface area contributed by atoms with Crippen LogP contribution in [0.1, 0.15) is 30.1 Å². The molecule has 2 N–H and O–H groups in total. The molecule has 1 atom stereocenters. The van der Waals surface area contributed by atoms with Gasteiger partial charge in [-0.25, -0.2) is 17.9 Å². The summed E-state index contributed by atoms with van der Waals surface area (Å²) in [5.41, 5.74) is -0.0744. The van der Waals surface area contributed by atoms with E-state index in [0.29, 0.717) is 0 Å². The van der Waals surface area contributed by atoms with Gasteiger partial charge in [0.25, 0.3) is 5.91 Å². The summed E-state index contributed by atoms with van der Waals surface area (Å²) in [5.74, 6) is -1.94. The van der Waals surface area contributed by atoms with Crippen LogP contribution in [0.25, 0.3) is 0 Å². The second-order valence-corrected chi connectivity index (χ2v) is 8.55. The van der Waals surface area contributed by atoms with E-state index in [1.54, 1.807) is 0 Å². The Labute approximate surface area is 177 Å². The number of anilines is 1. The van der Waals surface area contributed by atoms with Crippen molar-refractivity contribution in [2.45, 2.75) is 43.4 Å². The Morgan fingerprint density at radius 2 is 1.81 bits per heavy atom. The van der Waals surface area contributed by atoms with Crippen molar-refractivity contribution in [1.29, 1.82) is 0 Å². The third-order valence-electron chi connectivity index (χ3n) is 4.29. The lowest BCUT2D eigenvalue weighted by molar-refractivity contribution is -0.123. The van der Waals surface area contributed by atoms with E-state index >= 15 is 0 Å². The lowest BCUT2D eigenvalue weighted by Gasteiger charge is -2.16. The Morgan fingerprint density at radius 1 is 1.10 bits per heavy atom. The molecule has 3 rings (SSSR count). The maximum Gasteiger partial charge on any atom is 0.387 e. The van der Waals surface area contributed by atoms with Crippen molar-refractivity contribution in [3.05, 3.63) is 54.1 Å². The highest BCUT2D eigenvalue weighted by atomic mass is 32.2. The molecule has 0 saturated heterocycles. The number of para-hydroxylation sites is 2. The largest absolute Gasteiger partial charge is 0.449 e. The van der Waals surface area contributed by atoms with Gasteiger partial charge in [-0.15, -0.1) is 0 Å². The van der Waals surface area contributed by atoms with Gasteiger partial charge in [0.2, 0.25) is 10.0 Å². The van der Waals surface area contributed by atoms with Crippen molar-refractivity contribution in [3.63, 3.8) is 0 Å². The average Bonchev–Trinajstić information content (AvgIpc) is 3.52. The second-order valence-electron chi connectivity index (χ2n) is 6.83. The number of hydrogen-bond acceptors (Lipinski definition) is 6. The van der Waals surface area contributed by atoms with Crippen LogP contribution in [0.4, 0.5) is 14.5 Å². The highest BCUT2D eigenvalue weighted by Crippen LogP contribution is 2.26. The third-order valence-corrected chi connectivity index (χ3v) is 5.81. The van der Waals surface area contributed by atoms with Crippen molar-refractivity contribution in [2.24, 2.45) is 0 Å². The highest BCUT2D eigenvalue weighted by molar-refractivity contribution is 7.89. The van der Waals surface area contributed by atoms with E-state index in [0.717, 1.165) is 18.9 Å². The molecule has 1 amide bonds. The van der Waals surface area contributed by atoms with Gasteiger partial charge in [0.05, 0.1) is 16.1 Å². The molecule has 1 aliphatic rings. The van der Waals surface area contributed by atoms with E-state index in [-0.39, 0.29) is 27.9 Å². The van der Waals surface area contributed by atoms with Gasteiger partial charge in [0.15, 0.2) is 6.10 Å². The molecule has 1 fully saturated rings. The Balaban J connectivity index is 1.65. The monoisotopic (exact) mass is 454 g/mol. The predicted molar refractivity (Wildman–Crippen MR) is 106 cm³/mol. The zero-order valence-electron chi connectivity index (χ0n) is 16.4. The normalized spacial score (nSPS) is 14.7. The second kappa shape index (κ2) is 9.40. The number of carbonyl (C=O) groups excluding carboxylic acids is 2. The first-order chi connectivity index (χ1) is 14.7. The molecule has 2 aromatic rings. The van der Waals surface area contributed by atoms with Gasteiger partial charge in [-0.05, 0) is 50.1 Å². The molecule has 2 aromatic carbocycles. The minimum absolute atomic E-state index is 0.0186. The van der Waals surface area contributed by atoms with Gasteiger partial charge in [-0.3, -0.25) is 4.79 Å². The number of benzene rings is 2. The summed E-state index contributed by atoms with van der Waals surface area (Å²) in [4.78, 5) is 24.6. The van der Waals surface area contributed by atoms with Crippen molar-refractivity contribution in [1.82, 2.24) is 4.72 Å². The van der Waals surface area contributed by atoms with Crippen LogP contribution in [0.2, 0.25) is 0 Å². The fourth-order valence-corrected chi connectivity index (χ4v) is 3.91. The van der Waals surface area contributed by atoms with Crippen LogP contribution in [0, 0.1) is 0 Å². The van der Waals surface area contributed by atoms with Crippen LogP contribution in [0.15, 0.2) is 53.4 Å². The molecule has 166 valence electrons. The van der Waals surface area contributed by atoms with Gasteiger partial charge >= 0.3 is 12.6 Å². The van der Waals surface area contributed by atoms with E-state index in [1.807, 2.05) is 0 Å². The Bertz CT molecular complexity index is 1070. The first kappa shape index (κ1) is 22.6. The molecule has 11 heteroatoms. The highest BCUT2D eigenvalue weighted by Gasteiger charge is 2.28. The number of nitrogens with one attached hydrogen (secondary N) is 2. The summed E-state index contributed by atoms with van der Waals surface area (Å²) in [6, 6.07) is 10.7. The van der Waals surface area contributed by atoms with Gasteiger partial charge in [0.1, 0.15) is 5.75 Å². The summed E-state index contributed by atoms with van der Waals surface area (Å²) in [6.45, 7) is -1.79. The standard InChI is InChI=1S/C20H20F2N2O6S/c1-12(18(25)23-16-7-2-3-8-17(16)30-20(21)22)29-19(26)13-5-4-6-15(11-13)31(27,28)24-14-9-10-14/h2-8,11-12,14,20,24H,9-10H2,1H3,(H,23,25). The molecule has 0 radical (unpaired) electrons. The Kier molecular flexibility index (Phi) is 6.86. The molecular formula is C20H20F2N2O6S. The zero-order chi connectivity index (χ0) is 22.6. The summed E-state index contributed by atoms with van der Waals surface area (Å²) < 4.78 is 61.5. The maximum absolute atomic E-state index is 12.5. The van der Waals surface area contributed by atoms with E-state index in [1.165, 1.54) is 49.4 Å². The third kappa shape index (κ3) is 6.22. The molecule has 0 aromatic heterocycles. The number of ether oxygens (including phenoxy) is 2. The van der Waals surface area contributed by atoms with E-state index < -0.39 is 34.6 Å². The van der Waals surface area contributed by atoms with Crippen LogP contribution >= 0.6 is 0 Å². The lowest BCUT2D eigenvalue weighted by atomic mass is 10.2. The summed E-state index contributed by atoms with van der Waals surface area (Å²) in [5, 5.41) is 2.36. The smallest absolute Gasteiger partial charge is 0.387 e. The number of carbonyl (C=O) groups is 2. The fourth-order valence-electron chi connectivity index (χ4n) is 2.56. The van der Waals surface area contributed by atoms with Crippen LogP contribution in [-0.4, -0.2) is 39.1 Å². The summed E-state index contributed by atoms with van der Waals surface area (Å²) >= 11 is 0. The first-order valence-electron chi connectivity index (χ1n) is 9.34. The molecule has 1 unspecified atom stereocenters. The molecule has 8 nitrogen and oxygen atoms in total. The van der Waals surface area contributed by atoms with Crippen LogP contribution in [-0.2, 0) is 19.6 Å². The molecule has 0 aliphatic heterocycles. The molecular weight excluding hydrogens is 434 g/mol. The minimum atomic E-state index is -3.77. The lowest BCUT2D eigenvalue weighted by Crippen LogP contribution is -2.30. The van der Waals surface area contributed by atoms with Gasteiger partial charge in [0, 0.05) is 6.04 Å². The topological polar surface area (TPSA) is 111 Å². The molecule has 31 heavy (non-hydrogen) atoms. The van der Waals surface area contributed by atoms with E-state index in [4.69, 9.17) is 4.74 Å². The number of esters is 1. The number of rotatable bonds is 9. The summed E-state index contributed by atoms with van der Waals surface area (Å²) in [7, 11) is -3.77. The molecule has 0 heterocycles. The van der Waals surface area contributed by atoms with Gasteiger partial charge in [-0.2, -0.15) is 8.78 Å². The van der Waals surface area contributed by atoms with Gasteiger partial charge < -0.3 is 14.8 Å². The van der Waals surface area contributed by atoms with Gasteiger partial charge in [-0.1, -0.05) is 18.2 Å². The predicted octanol–water partition coefficient (Wildman–Crippen LogP) is 2.91. The SMILES string of the molecule is CC(OC(=O)c1cccc(S(=O)(=O)NC2CC2)c1)C(=O)Nc1ccccc1OC(F)F. The van der Waals surface area contributed by atoms with Crippen LogP contribution in [0.5, 0.6) is 5.75 Å². The van der Waals surface area contributed by atoms with Crippen LogP contribution in [0.3, 0.4) is 0 Å². The first-order valence-corrected chi connectivity index (χ1v) is 10.8. The molecule has 1 saturated carbocycles. The maximum atomic E-state index is 12.5. The average molecular weight is 454 g/mol. The number of halogens is 2. The fraction of sp³-hybridized carbons (Fsp3) is 0.300. The Morgan fingerprint density at radius 3 is 2.48 bits per heavy atom. The minimum Gasteiger partial charge on any atom is -0.449 e. The Hall–Kier alpha value is -3.05. The number of amides is 1. The van der Waals surface area contributed by atoms with E-state index in [2.05, 4.69) is 14.8 Å². The van der Waals surface area contributed by atoms with Crippen molar-refractivity contribution >= 4 is 27.6 Å². The molecule has 1 aliphatic carbocycles. The van der Waals surface area contributed by atoms with Crippen molar-refractivity contribution < 1.29 is 36.3 Å². The quantitative estimate of drug-likeness (QED) is 0.564. The van der Waals surface area contributed by atoms with Crippen molar-refractivity contribution in [2.75, 3.05) is 5.32 Å². The van der Waals surface area contributed by atoms with E-state index in [9.17, 15) is 26.8 Å². The number of alkyl halides is 2. The molecule has 0 bridgehead atoms.